The van der Waals surface area contributed by atoms with Crippen molar-refractivity contribution in [2.75, 3.05) is 25.5 Å². The Hall–Kier alpha value is -3.35. The quantitative estimate of drug-likeness (QED) is 0.413. The summed E-state index contributed by atoms with van der Waals surface area (Å²) < 4.78 is 72.9. The summed E-state index contributed by atoms with van der Waals surface area (Å²) in [4.78, 5) is 27.7. The molecule has 3 aromatic rings. The molecule has 198 valence electrons. The van der Waals surface area contributed by atoms with Crippen LogP contribution in [0.1, 0.15) is 34.4 Å². The average Bonchev–Trinajstić information content (AvgIpc) is 3.23. The molecule has 37 heavy (non-hydrogen) atoms. The van der Waals surface area contributed by atoms with E-state index in [0.29, 0.717) is 27.7 Å². The molecule has 1 saturated heterocycles. The number of ether oxygens (including phenoxy) is 1. The van der Waals surface area contributed by atoms with E-state index in [4.69, 9.17) is 4.74 Å². The minimum Gasteiger partial charge on any atom is -0.481 e. The van der Waals surface area contributed by atoms with Crippen LogP contribution in [-0.4, -0.2) is 57.9 Å². The molecule has 0 radical (unpaired) electrons. The number of thiazole rings is 1. The van der Waals surface area contributed by atoms with Crippen molar-refractivity contribution >= 4 is 23.1 Å². The van der Waals surface area contributed by atoms with E-state index < -0.39 is 48.5 Å². The number of likely N-dealkylation sites (tertiary alicyclic amines) is 1. The topological polar surface area (TPSA) is 80.2 Å². The van der Waals surface area contributed by atoms with Crippen molar-refractivity contribution in [2.45, 2.75) is 38.4 Å². The Kier molecular flexibility index (Phi) is 7.36. The van der Waals surface area contributed by atoms with Gasteiger partial charge in [-0.3, -0.25) is 4.79 Å². The average molecular weight is 542 g/mol. The van der Waals surface area contributed by atoms with E-state index in [1.807, 2.05) is 0 Å². The molecule has 1 N–H and O–H groups in total. The first-order valence-corrected chi connectivity index (χ1v) is 12.1. The number of aryl methyl sites for hydroxylation is 1. The maximum Gasteiger partial charge on any atom is 0.417 e. The minimum absolute atomic E-state index is 0.00538. The van der Waals surface area contributed by atoms with Crippen molar-refractivity contribution in [1.82, 2.24) is 19.9 Å². The van der Waals surface area contributed by atoms with E-state index in [0.717, 1.165) is 17.0 Å². The first-order chi connectivity index (χ1) is 17.4. The number of anilines is 1. The van der Waals surface area contributed by atoms with Gasteiger partial charge in [0.05, 0.1) is 40.8 Å². The molecule has 1 amide bonds. The Morgan fingerprint density at radius 1 is 1.24 bits per heavy atom. The Balaban J connectivity index is 1.62. The van der Waals surface area contributed by atoms with Crippen LogP contribution in [0.5, 0.6) is 5.88 Å². The molecule has 2 unspecified atom stereocenters. The van der Waals surface area contributed by atoms with Gasteiger partial charge < -0.3 is 15.0 Å². The van der Waals surface area contributed by atoms with Gasteiger partial charge in [0.1, 0.15) is 11.5 Å². The summed E-state index contributed by atoms with van der Waals surface area (Å²) in [5, 5.41) is 3.45. The highest BCUT2D eigenvalue weighted by Crippen LogP contribution is 2.37. The van der Waals surface area contributed by atoms with Gasteiger partial charge in [-0.2, -0.15) is 13.2 Å². The van der Waals surface area contributed by atoms with Gasteiger partial charge in [0, 0.05) is 25.2 Å². The molecule has 13 heteroatoms. The Bertz CT molecular complexity index is 1270. The number of amides is 1. The molecule has 1 aliphatic heterocycles. The number of methoxy groups -OCH3 is 1. The molecule has 0 aromatic carbocycles. The zero-order chi connectivity index (χ0) is 27.0. The van der Waals surface area contributed by atoms with Crippen LogP contribution in [0, 0.1) is 12.8 Å². The predicted molar refractivity (Wildman–Crippen MR) is 128 cm³/mol. The maximum atomic E-state index is 14.6. The molecule has 4 rings (SSSR count). The van der Waals surface area contributed by atoms with E-state index in [2.05, 4.69) is 20.3 Å². The van der Waals surface area contributed by atoms with Gasteiger partial charge in [-0.05, 0) is 31.0 Å². The SMILES string of the molecule is COc1cccc(-c2sc(C)nc2C(=O)N2CC(F)(F)CC(C)C2CNc2ccc(C(F)(F)F)cn2)n1. The van der Waals surface area contributed by atoms with Crippen LogP contribution in [0.4, 0.5) is 27.8 Å². The third-order valence-corrected chi connectivity index (χ3v) is 7.02. The lowest BCUT2D eigenvalue weighted by molar-refractivity contribution is -0.137. The lowest BCUT2D eigenvalue weighted by atomic mass is 9.88. The number of piperidine rings is 1. The normalized spacial score (nSPS) is 19.5. The van der Waals surface area contributed by atoms with Gasteiger partial charge >= 0.3 is 6.18 Å². The first-order valence-electron chi connectivity index (χ1n) is 11.3. The standard InChI is InChI=1S/C24H24F5N5O2S/c1-13-9-23(25,26)12-34(17(13)11-31-18-8-7-15(10-30-18)24(27,28)29)22(35)20-21(37-14(2)32-20)16-5-4-6-19(33-16)36-3/h4-8,10,13,17H,9,11-12H2,1-3H3,(H,30,31). The number of carbonyl (C=O) groups excluding carboxylic acids is 1. The van der Waals surface area contributed by atoms with Crippen LogP contribution in [0.2, 0.25) is 0 Å². The number of nitrogens with zero attached hydrogens (tertiary/aromatic N) is 4. The third kappa shape index (κ3) is 5.97. The van der Waals surface area contributed by atoms with Gasteiger partial charge in [-0.1, -0.05) is 13.0 Å². The van der Waals surface area contributed by atoms with Gasteiger partial charge in [-0.15, -0.1) is 11.3 Å². The molecule has 1 aliphatic rings. The van der Waals surface area contributed by atoms with Crippen molar-refractivity contribution < 1.29 is 31.5 Å². The molecule has 0 spiro atoms. The smallest absolute Gasteiger partial charge is 0.417 e. The summed E-state index contributed by atoms with van der Waals surface area (Å²) in [6.07, 6.45) is -4.28. The minimum atomic E-state index is -4.53. The molecule has 4 heterocycles. The fourth-order valence-electron chi connectivity index (χ4n) is 4.29. The van der Waals surface area contributed by atoms with Gasteiger partial charge in [0.2, 0.25) is 5.88 Å². The lowest BCUT2D eigenvalue weighted by Crippen LogP contribution is -2.57. The highest BCUT2D eigenvalue weighted by molar-refractivity contribution is 7.15. The molecule has 7 nitrogen and oxygen atoms in total. The largest absolute Gasteiger partial charge is 0.481 e. The molecule has 0 saturated carbocycles. The molecule has 2 atom stereocenters. The Morgan fingerprint density at radius 2 is 2.00 bits per heavy atom. The van der Waals surface area contributed by atoms with Gasteiger partial charge in [0.25, 0.3) is 11.8 Å². The van der Waals surface area contributed by atoms with E-state index in [9.17, 15) is 26.7 Å². The highest BCUT2D eigenvalue weighted by Gasteiger charge is 2.47. The van der Waals surface area contributed by atoms with E-state index >= 15 is 0 Å². The number of alkyl halides is 5. The summed E-state index contributed by atoms with van der Waals surface area (Å²) in [6.45, 7) is 2.51. The van der Waals surface area contributed by atoms with E-state index in [1.54, 1.807) is 32.0 Å². The molecular weight excluding hydrogens is 517 g/mol. The van der Waals surface area contributed by atoms with Crippen LogP contribution >= 0.6 is 11.3 Å². The molecular formula is C24H24F5N5O2S. The zero-order valence-electron chi connectivity index (χ0n) is 20.1. The molecule has 1 fully saturated rings. The monoisotopic (exact) mass is 541 g/mol. The molecule has 0 bridgehead atoms. The number of aromatic nitrogens is 3. The third-order valence-electron chi connectivity index (χ3n) is 6.03. The van der Waals surface area contributed by atoms with Crippen molar-refractivity contribution in [2.24, 2.45) is 5.92 Å². The summed E-state index contributed by atoms with van der Waals surface area (Å²) in [7, 11) is 1.45. The fourth-order valence-corrected chi connectivity index (χ4v) is 5.17. The number of hydrogen-bond donors (Lipinski definition) is 1. The summed E-state index contributed by atoms with van der Waals surface area (Å²) in [6, 6.07) is 6.36. The number of carbonyl (C=O) groups is 1. The summed E-state index contributed by atoms with van der Waals surface area (Å²) in [5.74, 6) is -3.95. The number of hydrogen-bond acceptors (Lipinski definition) is 7. The number of rotatable bonds is 6. The van der Waals surface area contributed by atoms with E-state index in [1.165, 1.54) is 18.4 Å². The van der Waals surface area contributed by atoms with Crippen molar-refractivity contribution in [3.63, 3.8) is 0 Å². The highest BCUT2D eigenvalue weighted by atomic mass is 32.1. The second-order valence-electron chi connectivity index (χ2n) is 8.82. The zero-order valence-corrected chi connectivity index (χ0v) is 21.0. The second kappa shape index (κ2) is 10.2. The van der Waals surface area contributed by atoms with Crippen LogP contribution in [0.3, 0.4) is 0 Å². The Morgan fingerprint density at radius 3 is 2.65 bits per heavy atom. The van der Waals surface area contributed by atoms with Crippen molar-refractivity contribution in [3.05, 3.63) is 52.8 Å². The second-order valence-corrected chi connectivity index (χ2v) is 10.0. The van der Waals surface area contributed by atoms with Crippen LogP contribution < -0.4 is 10.1 Å². The van der Waals surface area contributed by atoms with E-state index in [-0.39, 0.29) is 18.1 Å². The number of halogens is 5. The fraction of sp³-hybridized carbons (Fsp3) is 0.417. The first kappa shape index (κ1) is 26.7. The van der Waals surface area contributed by atoms with Crippen LogP contribution in [0.15, 0.2) is 36.5 Å². The summed E-state index contributed by atoms with van der Waals surface area (Å²) in [5.41, 5.74) is -0.474. The van der Waals surface area contributed by atoms with Gasteiger partial charge in [0.15, 0.2) is 0 Å². The number of pyridine rings is 2. The van der Waals surface area contributed by atoms with Crippen molar-refractivity contribution in [3.8, 4) is 16.5 Å². The molecule has 0 aliphatic carbocycles. The Labute approximate surface area is 213 Å². The van der Waals surface area contributed by atoms with Crippen LogP contribution in [-0.2, 0) is 6.18 Å². The molecule has 3 aromatic heterocycles. The van der Waals surface area contributed by atoms with Crippen LogP contribution in [0.25, 0.3) is 10.6 Å². The van der Waals surface area contributed by atoms with Gasteiger partial charge in [-0.25, -0.2) is 23.7 Å². The van der Waals surface area contributed by atoms with Crippen molar-refractivity contribution in [1.29, 1.82) is 0 Å². The maximum absolute atomic E-state index is 14.6. The lowest BCUT2D eigenvalue weighted by Gasteiger charge is -2.43. The predicted octanol–water partition coefficient (Wildman–Crippen LogP) is 5.53. The summed E-state index contributed by atoms with van der Waals surface area (Å²) >= 11 is 1.21. The number of nitrogens with one attached hydrogen (secondary N) is 1.